The van der Waals surface area contributed by atoms with E-state index in [-0.39, 0.29) is 0 Å². The second-order valence-corrected chi connectivity index (χ2v) is 6.38. The molecule has 1 rings (SSSR count). The SMILES string of the molecule is COc1c(C)cc(S(=O)(=O)N(C)C)c(C)c1C. The van der Waals surface area contributed by atoms with Crippen LogP contribution in [0.5, 0.6) is 5.75 Å². The predicted octanol–water partition coefficient (Wildman–Crippen LogP) is 1.87. The quantitative estimate of drug-likeness (QED) is 0.830. The molecule has 1 aromatic rings. The van der Waals surface area contributed by atoms with Crippen molar-refractivity contribution in [2.75, 3.05) is 21.2 Å². The Bertz CT molecular complexity index is 533. The average Bonchev–Trinajstić information content (AvgIpc) is 2.23. The van der Waals surface area contributed by atoms with Crippen LogP contribution in [0.1, 0.15) is 16.7 Å². The third-order valence-corrected chi connectivity index (χ3v) is 4.88. The van der Waals surface area contributed by atoms with E-state index in [4.69, 9.17) is 4.74 Å². The number of nitrogens with zero attached hydrogens (tertiary/aromatic N) is 1. The van der Waals surface area contributed by atoms with Gasteiger partial charge in [-0.2, -0.15) is 0 Å². The molecule has 0 spiro atoms. The lowest BCUT2D eigenvalue weighted by atomic mass is 10.1. The summed E-state index contributed by atoms with van der Waals surface area (Å²) in [6.45, 7) is 5.52. The molecule has 0 aliphatic carbocycles. The number of methoxy groups -OCH3 is 1. The zero-order valence-corrected chi connectivity index (χ0v) is 12.0. The van der Waals surface area contributed by atoms with Gasteiger partial charge in [-0.1, -0.05) is 0 Å². The maximum atomic E-state index is 12.1. The van der Waals surface area contributed by atoms with Crippen molar-refractivity contribution in [3.8, 4) is 5.75 Å². The van der Waals surface area contributed by atoms with E-state index >= 15 is 0 Å². The highest BCUT2D eigenvalue weighted by Gasteiger charge is 2.23. The van der Waals surface area contributed by atoms with Gasteiger partial charge in [0.1, 0.15) is 5.75 Å². The summed E-state index contributed by atoms with van der Waals surface area (Å²) in [6.07, 6.45) is 0. The largest absolute Gasteiger partial charge is 0.496 e. The van der Waals surface area contributed by atoms with Crippen LogP contribution >= 0.6 is 0 Å². The summed E-state index contributed by atoms with van der Waals surface area (Å²) in [5.74, 6) is 0.750. The number of hydrogen-bond acceptors (Lipinski definition) is 3. The minimum Gasteiger partial charge on any atom is -0.496 e. The molecule has 0 heterocycles. The van der Waals surface area contributed by atoms with E-state index in [1.807, 2.05) is 13.8 Å². The van der Waals surface area contributed by atoms with E-state index in [0.717, 1.165) is 22.4 Å². The average molecular weight is 257 g/mol. The second kappa shape index (κ2) is 4.66. The number of benzene rings is 1. The van der Waals surface area contributed by atoms with Crippen molar-refractivity contribution in [1.82, 2.24) is 4.31 Å². The molecule has 4 nitrogen and oxygen atoms in total. The van der Waals surface area contributed by atoms with E-state index in [2.05, 4.69) is 0 Å². The van der Waals surface area contributed by atoms with Crippen molar-refractivity contribution in [2.24, 2.45) is 0 Å². The predicted molar refractivity (Wildman–Crippen MR) is 68.1 cm³/mol. The van der Waals surface area contributed by atoms with Gasteiger partial charge in [0.25, 0.3) is 0 Å². The number of aryl methyl sites for hydroxylation is 1. The lowest BCUT2D eigenvalue weighted by molar-refractivity contribution is 0.407. The standard InChI is InChI=1S/C12H19NO3S/c1-8-7-11(17(14,15)13(4)5)9(2)10(3)12(8)16-6/h7H,1-6H3. The molecule has 0 fully saturated rings. The molecule has 17 heavy (non-hydrogen) atoms. The van der Waals surface area contributed by atoms with Gasteiger partial charge in [-0.05, 0) is 43.5 Å². The van der Waals surface area contributed by atoms with Gasteiger partial charge in [0.15, 0.2) is 0 Å². The molecule has 0 N–H and O–H groups in total. The van der Waals surface area contributed by atoms with Gasteiger partial charge in [0.2, 0.25) is 10.0 Å². The fraction of sp³-hybridized carbons (Fsp3) is 0.500. The third kappa shape index (κ3) is 2.30. The lowest BCUT2D eigenvalue weighted by Crippen LogP contribution is -2.23. The van der Waals surface area contributed by atoms with Crippen molar-refractivity contribution in [3.05, 3.63) is 22.8 Å². The molecule has 5 heteroatoms. The first-order valence-electron chi connectivity index (χ1n) is 5.30. The van der Waals surface area contributed by atoms with Crippen LogP contribution in [0.2, 0.25) is 0 Å². The van der Waals surface area contributed by atoms with E-state index < -0.39 is 10.0 Å². The molecule has 0 atom stereocenters. The number of hydrogen-bond donors (Lipinski definition) is 0. The van der Waals surface area contributed by atoms with Gasteiger partial charge in [-0.15, -0.1) is 0 Å². The zero-order valence-electron chi connectivity index (χ0n) is 11.2. The maximum absolute atomic E-state index is 12.1. The molecule has 0 aromatic heterocycles. The molecule has 0 amide bonds. The fourth-order valence-corrected chi connectivity index (χ4v) is 3.06. The van der Waals surface area contributed by atoms with Crippen molar-refractivity contribution < 1.29 is 13.2 Å². The maximum Gasteiger partial charge on any atom is 0.242 e. The molecule has 0 saturated heterocycles. The molecular weight excluding hydrogens is 238 g/mol. The first-order chi connectivity index (χ1) is 7.73. The Hall–Kier alpha value is -1.07. The summed E-state index contributed by atoms with van der Waals surface area (Å²) >= 11 is 0. The number of ether oxygens (including phenoxy) is 1. The number of sulfonamides is 1. The van der Waals surface area contributed by atoms with Gasteiger partial charge < -0.3 is 4.74 Å². The van der Waals surface area contributed by atoms with Crippen LogP contribution in [0.3, 0.4) is 0 Å². The first kappa shape index (κ1) is 14.0. The summed E-state index contributed by atoms with van der Waals surface area (Å²) in [6, 6.07) is 1.66. The van der Waals surface area contributed by atoms with Crippen LogP contribution in [0.15, 0.2) is 11.0 Å². The highest BCUT2D eigenvalue weighted by Crippen LogP contribution is 2.31. The van der Waals surface area contributed by atoms with E-state index in [9.17, 15) is 8.42 Å². The van der Waals surface area contributed by atoms with Crippen LogP contribution in [-0.2, 0) is 10.0 Å². The minimum absolute atomic E-state index is 0.346. The summed E-state index contributed by atoms with van der Waals surface area (Å²) < 4.78 is 30.8. The van der Waals surface area contributed by atoms with Gasteiger partial charge >= 0.3 is 0 Å². The van der Waals surface area contributed by atoms with Crippen LogP contribution < -0.4 is 4.74 Å². The van der Waals surface area contributed by atoms with E-state index in [0.29, 0.717) is 4.90 Å². The highest BCUT2D eigenvalue weighted by atomic mass is 32.2. The fourth-order valence-electron chi connectivity index (χ4n) is 1.80. The molecule has 0 unspecified atom stereocenters. The first-order valence-corrected chi connectivity index (χ1v) is 6.74. The van der Waals surface area contributed by atoms with Crippen LogP contribution in [0.4, 0.5) is 0 Å². The summed E-state index contributed by atoms with van der Waals surface area (Å²) in [7, 11) is 1.26. The summed E-state index contributed by atoms with van der Waals surface area (Å²) in [5.41, 5.74) is 2.44. The Kier molecular flexibility index (Phi) is 3.84. The molecule has 96 valence electrons. The minimum atomic E-state index is -3.40. The molecular formula is C12H19NO3S. The molecule has 0 aliphatic heterocycles. The van der Waals surface area contributed by atoms with Gasteiger partial charge in [-0.25, -0.2) is 12.7 Å². The molecule has 0 saturated carbocycles. The van der Waals surface area contributed by atoms with Crippen molar-refractivity contribution in [1.29, 1.82) is 0 Å². The molecule has 1 aromatic carbocycles. The molecule has 0 bridgehead atoms. The number of rotatable bonds is 3. The van der Waals surface area contributed by atoms with Crippen LogP contribution in [-0.4, -0.2) is 33.9 Å². The van der Waals surface area contributed by atoms with Crippen molar-refractivity contribution in [2.45, 2.75) is 25.7 Å². The van der Waals surface area contributed by atoms with Crippen LogP contribution in [0, 0.1) is 20.8 Å². The van der Waals surface area contributed by atoms with Gasteiger partial charge in [0.05, 0.1) is 12.0 Å². The normalized spacial score (nSPS) is 11.9. The Morgan fingerprint density at radius 1 is 1.12 bits per heavy atom. The van der Waals surface area contributed by atoms with Gasteiger partial charge in [0, 0.05) is 14.1 Å². The molecule has 0 radical (unpaired) electrons. The van der Waals surface area contributed by atoms with Crippen LogP contribution in [0.25, 0.3) is 0 Å². The lowest BCUT2D eigenvalue weighted by Gasteiger charge is -2.18. The Morgan fingerprint density at radius 2 is 1.65 bits per heavy atom. The van der Waals surface area contributed by atoms with Crippen molar-refractivity contribution >= 4 is 10.0 Å². The van der Waals surface area contributed by atoms with E-state index in [1.54, 1.807) is 20.1 Å². The van der Waals surface area contributed by atoms with Gasteiger partial charge in [-0.3, -0.25) is 0 Å². The second-order valence-electron chi connectivity index (χ2n) is 4.26. The smallest absolute Gasteiger partial charge is 0.242 e. The highest BCUT2D eigenvalue weighted by molar-refractivity contribution is 7.89. The zero-order chi connectivity index (χ0) is 13.4. The topological polar surface area (TPSA) is 46.6 Å². The molecule has 0 aliphatic rings. The monoisotopic (exact) mass is 257 g/mol. The summed E-state index contributed by atoms with van der Waals surface area (Å²) in [5, 5.41) is 0. The Balaban J connectivity index is 3.60. The Morgan fingerprint density at radius 3 is 2.06 bits per heavy atom. The third-order valence-electron chi connectivity index (χ3n) is 2.94. The van der Waals surface area contributed by atoms with E-state index in [1.165, 1.54) is 18.4 Å². The summed E-state index contributed by atoms with van der Waals surface area (Å²) in [4.78, 5) is 0.346. The van der Waals surface area contributed by atoms with Crippen molar-refractivity contribution in [3.63, 3.8) is 0 Å². The Labute approximate surface area is 103 Å².